The Balaban J connectivity index is 2.55. The minimum absolute atomic E-state index is 0.0404. The van der Waals surface area contributed by atoms with Gasteiger partial charge in [0.05, 0.1) is 6.54 Å². The van der Waals surface area contributed by atoms with Crippen LogP contribution < -0.4 is 16.0 Å². The van der Waals surface area contributed by atoms with E-state index in [9.17, 15) is 9.59 Å². The fraction of sp³-hybridized carbons (Fsp3) is 0.591. The van der Waals surface area contributed by atoms with E-state index in [-0.39, 0.29) is 11.8 Å². The SMILES string of the molecule is CCCCNC(=O)c1ccc(CN=C(NCC)NCCC(=O)N(CC)CC)cc1. The zero-order valence-electron chi connectivity index (χ0n) is 18.4. The third kappa shape index (κ3) is 9.45. The summed E-state index contributed by atoms with van der Waals surface area (Å²) in [5.74, 6) is 0.786. The van der Waals surface area contributed by atoms with Gasteiger partial charge < -0.3 is 20.9 Å². The Morgan fingerprint density at radius 2 is 1.62 bits per heavy atom. The van der Waals surface area contributed by atoms with Crippen molar-refractivity contribution in [2.45, 2.75) is 53.5 Å². The molecule has 0 aliphatic rings. The van der Waals surface area contributed by atoms with E-state index < -0.39 is 0 Å². The Morgan fingerprint density at radius 1 is 0.931 bits per heavy atom. The van der Waals surface area contributed by atoms with Crippen LogP contribution in [0.1, 0.15) is 62.9 Å². The Morgan fingerprint density at radius 3 is 2.21 bits per heavy atom. The van der Waals surface area contributed by atoms with Crippen LogP contribution in [0.4, 0.5) is 0 Å². The summed E-state index contributed by atoms with van der Waals surface area (Å²) in [4.78, 5) is 30.5. The lowest BCUT2D eigenvalue weighted by atomic mass is 10.1. The van der Waals surface area contributed by atoms with E-state index in [0.717, 1.165) is 38.0 Å². The average molecular weight is 404 g/mol. The summed E-state index contributed by atoms with van der Waals surface area (Å²) in [6.45, 7) is 12.0. The van der Waals surface area contributed by atoms with Crippen LogP contribution in [0.15, 0.2) is 29.3 Å². The van der Waals surface area contributed by atoms with Crippen LogP contribution in [0.5, 0.6) is 0 Å². The normalized spacial score (nSPS) is 11.1. The average Bonchev–Trinajstić information content (AvgIpc) is 2.73. The van der Waals surface area contributed by atoms with E-state index >= 15 is 0 Å². The Bertz CT molecular complexity index is 639. The molecule has 0 aromatic heterocycles. The second-order valence-electron chi connectivity index (χ2n) is 6.74. The minimum Gasteiger partial charge on any atom is -0.357 e. The third-order valence-corrected chi connectivity index (χ3v) is 4.54. The molecule has 7 nitrogen and oxygen atoms in total. The smallest absolute Gasteiger partial charge is 0.251 e. The molecule has 0 radical (unpaired) electrons. The molecule has 29 heavy (non-hydrogen) atoms. The summed E-state index contributed by atoms with van der Waals surface area (Å²) in [7, 11) is 0. The molecule has 0 aliphatic carbocycles. The third-order valence-electron chi connectivity index (χ3n) is 4.54. The van der Waals surface area contributed by atoms with Crippen LogP contribution in [0.2, 0.25) is 0 Å². The molecule has 0 heterocycles. The number of aliphatic imine (C=N–C) groups is 1. The lowest BCUT2D eigenvalue weighted by molar-refractivity contribution is -0.130. The molecule has 3 N–H and O–H groups in total. The number of carbonyl (C=O) groups excluding carboxylic acids is 2. The number of benzene rings is 1. The summed E-state index contributed by atoms with van der Waals surface area (Å²) in [5, 5.41) is 9.32. The Kier molecular flexibility index (Phi) is 12.2. The number of hydrogen-bond acceptors (Lipinski definition) is 3. The van der Waals surface area contributed by atoms with Gasteiger partial charge >= 0.3 is 0 Å². The molecule has 0 bridgehead atoms. The van der Waals surface area contributed by atoms with Gasteiger partial charge in [0.1, 0.15) is 0 Å². The Labute approximate surface area is 175 Å². The number of hydrogen-bond donors (Lipinski definition) is 3. The van der Waals surface area contributed by atoms with Gasteiger partial charge in [-0.2, -0.15) is 0 Å². The zero-order valence-corrected chi connectivity index (χ0v) is 18.4. The number of rotatable bonds is 12. The van der Waals surface area contributed by atoms with Crippen LogP contribution in [-0.4, -0.2) is 55.4 Å². The molecule has 162 valence electrons. The maximum Gasteiger partial charge on any atom is 0.251 e. The first-order valence-electron chi connectivity index (χ1n) is 10.7. The molecular weight excluding hydrogens is 366 g/mol. The van der Waals surface area contributed by atoms with Crippen molar-refractivity contribution in [3.8, 4) is 0 Å². The van der Waals surface area contributed by atoms with E-state index in [2.05, 4.69) is 27.9 Å². The maximum absolute atomic E-state index is 12.1. The number of unbranched alkanes of at least 4 members (excludes halogenated alkanes) is 1. The highest BCUT2D eigenvalue weighted by molar-refractivity contribution is 5.94. The van der Waals surface area contributed by atoms with Gasteiger partial charge in [0.25, 0.3) is 5.91 Å². The van der Waals surface area contributed by atoms with Gasteiger partial charge in [0, 0.05) is 44.7 Å². The molecule has 7 heteroatoms. The quantitative estimate of drug-likeness (QED) is 0.284. The van der Waals surface area contributed by atoms with E-state index in [1.54, 1.807) is 0 Å². The molecule has 2 amide bonds. The van der Waals surface area contributed by atoms with Crippen molar-refractivity contribution in [1.29, 1.82) is 0 Å². The molecule has 1 aromatic carbocycles. The maximum atomic E-state index is 12.1. The molecule has 0 fully saturated rings. The van der Waals surface area contributed by atoms with Crippen molar-refractivity contribution >= 4 is 17.8 Å². The number of amides is 2. The van der Waals surface area contributed by atoms with Crippen LogP contribution in [0.3, 0.4) is 0 Å². The molecule has 0 spiro atoms. The van der Waals surface area contributed by atoms with Gasteiger partial charge in [-0.1, -0.05) is 25.5 Å². The van der Waals surface area contributed by atoms with Gasteiger partial charge in [-0.15, -0.1) is 0 Å². The summed E-state index contributed by atoms with van der Waals surface area (Å²) in [6, 6.07) is 7.50. The second-order valence-corrected chi connectivity index (χ2v) is 6.74. The molecular formula is C22H37N5O2. The van der Waals surface area contributed by atoms with Crippen molar-refractivity contribution in [2.75, 3.05) is 32.7 Å². The predicted octanol–water partition coefficient (Wildman–Crippen LogP) is 2.53. The number of carbonyl (C=O) groups is 2. The van der Waals surface area contributed by atoms with Gasteiger partial charge in [-0.3, -0.25) is 9.59 Å². The van der Waals surface area contributed by atoms with Crippen LogP contribution >= 0.6 is 0 Å². The molecule has 0 unspecified atom stereocenters. The van der Waals surface area contributed by atoms with E-state index in [1.807, 2.05) is 49.9 Å². The first-order chi connectivity index (χ1) is 14.0. The van der Waals surface area contributed by atoms with E-state index in [1.165, 1.54) is 0 Å². The van der Waals surface area contributed by atoms with Gasteiger partial charge in [0.15, 0.2) is 5.96 Å². The molecule has 1 rings (SSSR count). The number of guanidine groups is 1. The number of nitrogens with zero attached hydrogens (tertiary/aromatic N) is 2. The molecule has 0 saturated heterocycles. The highest BCUT2D eigenvalue weighted by Crippen LogP contribution is 2.06. The highest BCUT2D eigenvalue weighted by Gasteiger charge is 2.09. The van der Waals surface area contributed by atoms with Crippen molar-refractivity contribution < 1.29 is 9.59 Å². The Hall–Kier alpha value is -2.57. The molecule has 0 aliphatic heterocycles. The first-order valence-corrected chi connectivity index (χ1v) is 10.7. The molecule has 1 aromatic rings. The van der Waals surface area contributed by atoms with Gasteiger partial charge in [-0.05, 0) is 44.9 Å². The molecule has 0 saturated carbocycles. The summed E-state index contributed by atoms with van der Waals surface area (Å²) < 4.78 is 0. The lowest BCUT2D eigenvalue weighted by Crippen LogP contribution is -2.40. The highest BCUT2D eigenvalue weighted by atomic mass is 16.2. The van der Waals surface area contributed by atoms with Gasteiger partial charge in [0.2, 0.25) is 5.91 Å². The largest absolute Gasteiger partial charge is 0.357 e. The molecule has 0 atom stereocenters. The minimum atomic E-state index is -0.0404. The van der Waals surface area contributed by atoms with E-state index in [0.29, 0.717) is 37.6 Å². The topological polar surface area (TPSA) is 85.8 Å². The van der Waals surface area contributed by atoms with Crippen molar-refractivity contribution in [2.24, 2.45) is 4.99 Å². The first kappa shape index (κ1) is 24.5. The van der Waals surface area contributed by atoms with E-state index in [4.69, 9.17) is 0 Å². The standard InChI is InChI=1S/C22H37N5O2/c1-5-9-15-24-21(29)19-12-10-18(11-13-19)17-26-22(23-6-2)25-16-14-20(28)27(7-3)8-4/h10-13H,5-9,14-17H2,1-4H3,(H,24,29)(H2,23,25,26). The number of nitrogens with one attached hydrogen (secondary N) is 3. The second kappa shape index (κ2) is 14.4. The monoisotopic (exact) mass is 403 g/mol. The van der Waals surface area contributed by atoms with Crippen molar-refractivity contribution in [1.82, 2.24) is 20.9 Å². The summed E-state index contributed by atoms with van der Waals surface area (Å²) >= 11 is 0. The fourth-order valence-corrected chi connectivity index (χ4v) is 2.78. The van der Waals surface area contributed by atoms with Crippen LogP contribution in [0.25, 0.3) is 0 Å². The summed E-state index contributed by atoms with van der Waals surface area (Å²) in [5.41, 5.74) is 1.68. The fourth-order valence-electron chi connectivity index (χ4n) is 2.78. The lowest BCUT2D eigenvalue weighted by Gasteiger charge is -2.19. The van der Waals surface area contributed by atoms with Crippen molar-refractivity contribution in [3.63, 3.8) is 0 Å². The van der Waals surface area contributed by atoms with Crippen LogP contribution in [-0.2, 0) is 11.3 Å². The summed E-state index contributed by atoms with van der Waals surface area (Å²) in [6.07, 6.45) is 2.48. The van der Waals surface area contributed by atoms with Crippen LogP contribution in [0, 0.1) is 0 Å². The van der Waals surface area contributed by atoms with Gasteiger partial charge in [-0.25, -0.2) is 4.99 Å². The van der Waals surface area contributed by atoms with Crippen molar-refractivity contribution in [3.05, 3.63) is 35.4 Å². The zero-order chi connectivity index (χ0) is 21.5. The predicted molar refractivity (Wildman–Crippen MR) is 119 cm³/mol.